The largest absolute Gasteiger partial charge is 0.497 e. The van der Waals surface area contributed by atoms with Gasteiger partial charge in [-0.25, -0.2) is 0 Å². The van der Waals surface area contributed by atoms with Gasteiger partial charge < -0.3 is 14.2 Å². The van der Waals surface area contributed by atoms with Crippen LogP contribution in [0.2, 0.25) is 0 Å². The van der Waals surface area contributed by atoms with Gasteiger partial charge in [0.2, 0.25) is 5.78 Å². The zero-order chi connectivity index (χ0) is 29.1. The molecule has 0 heterocycles. The molecule has 0 unspecified atom stereocenters. The lowest BCUT2D eigenvalue weighted by Gasteiger charge is -2.17. The highest BCUT2D eigenvalue weighted by atomic mass is 16.5. The fourth-order valence-electron chi connectivity index (χ4n) is 5.36. The van der Waals surface area contributed by atoms with Crippen molar-refractivity contribution in [3.8, 4) is 17.2 Å². The van der Waals surface area contributed by atoms with Crippen LogP contribution in [-0.2, 0) is 13.0 Å². The van der Waals surface area contributed by atoms with Crippen molar-refractivity contribution in [2.24, 2.45) is 0 Å². The fraction of sp³-hybridized carbons (Fsp3) is 0.486. The number of carbonyl (C=O) groups excluding carboxylic acids is 1. The molecular formula is C37H50O4. The molecule has 3 aromatic carbocycles. The molecule has 0 bridgehead atoms. The van der Waals surface area contributed by atoms with E-state index in [0.29, 0.717) is 35.0 Å². The molecule has 41 heavy (non-hydrogen) atoms. The first-order valence-corrected chi connectivity index (χ1v) is 15.7. The molecule has 4 nitrogen and oxygen atoms in total. The molecule has 0 saturated carbocycles. The van der Waals surface area contributed by atoms with Crippen molar-refractivity contribution >= 4 is 5.78 Å². The quantitative estimate of drug-likeness (QED) is 0.0964. The van der Waals surface area contributed by atoms with Crippen LogP contribution in [0.15, 0.2) is 66.7 Å². The van der Waals surface area contributed by atoms with Gasteiger partial charge in [0.15, 0.2) is 0 Å². The average molecular weight is 559 g/mol. The van der Waals surface area contributed by atoms with Crippen LogP contribution in [0, 0.1) is 0 Å². The Morgan fingerprint density at radius 3 is 1.88 bits per heavy atom. The van der Waals surface area contributed by atoms with E-state index in [-0.39, 0.29) is 5.78 Å². The van der Waals surface area contributed by atoms with E-state index in [1.807, 2.05) is 48.5 Å². The van der Waals surface area contributed by atoms with Crippen LogP contribution in [0.25, 0.3) is 0 Å². The standard InChI is InChI=1S/C37H50O4/c1-4-5-6-7-8-9-10-11-12-13-14-15-19-23-31-24-20-25-35(41-29-30-21-17-16-18-22-30)36(31)37(38)33-28-32(39-2)26-27-34(33)40-3/h16-18,20-22,24-28H,4-15,19,23,29H2,1-3H3. The lowest BCUT2D eigenvalue weighted by molar-refractivity contribution is 0.103. The number of hydrogen-bond acceptors (Lipinski definition) is 4. The predicted octanol–water partition coefficient (Wildman–Crippen LogP) is 10.1. The maximum absolute atomic E-state index is 14.1. The van der Waals surface area contributed by atoms with E-state index >= 15 is 0 Å². The van der Waals surface area contributed by atoms with Crippen molar-refractivity contribution in [3.05, 3.63) is 89.0 Å². The van der Waals surface area contributed by atoms with Crippen molar-refractivity contribution in [3.63, 3.8) is 0 Å². The lowest BCUT2D eigenvalue weighted by atomic mass is 9.93. The molecule has 4 heteroatoms. The molecule has 0 fully saturated rings. The van der Waals surface area contributed by atoms with Gasteiger partial charge in [-0.1, -0.05) is 126 Å². The van der Waals surface area contributed by atoms with Gasteiger partial charge in [-0.05, 0) is 48.2 Å². The van der Waals surface area contributed by atoms with Crippen molar-refractivity contribution in [2.75, 3.05) is 14.2 Å². The van der Waals surface area contributed by atoms with Gasteiger partial charge in [-0.2, -0.15) is 0 Å². The number of aryl methyl sites for hydroxylation is 1. The third-order valence-corrected chi connectivity index (χ3v) is 7.78. The second-order valence-electron chi connectivity index (χ2n) is 11.0. The number of carbonyl (C=O) groups is 1. The van der Waals surface area contributed by atoms with Gasteiger partial charge in [-0.3, -0.25) is 4.79 Å². The summed E-state index contributed by atoms with van der Waals surface area (Å²) in [7, 11) is 3.19. The Morgan fingerprint density at radius 1 is 0.634 bits per heavy atom. The Bertz CT molecular complexity index is 1150. The van der Waals surface area contributed by atoms with Crippen molar-refractivity contribution in [1.29, 1.82) is 0 Å². The highest BCUT2D eigenvalue weighted by Crippen LogP contribution is 2.33. The average Bonchev–Trinajstić information content (AvgIpc) is 3.02. The Morgan fingerprint density at radius 2 is 1.27 bits per heavy atom. The molecule has 0 spiro atoms. The van der Waals surface area contributed by atoms with E-state index in [1.165, 1.54) is 77.0 Å². The molecule has 222 valence electrons. The topological polar surface area (TPSA) is 44.8 Å². The SMILES string of the molecule is CCCCCCCCCCCCCCCc1cccc(OCc2ccccc2)c1C(=O)c1cc(OC)ccc1OC. The van der Waals surface area contributed by atoms with Gasteiger partial charge in [0.25, 0.3) is 0 Å². The minimum atomic E-state index is -0.103. The summed E-state index contributed by atoms with van der Waals surface area (Å²) in [6, 6.07) is 21.4. The highest BCUT2D eigenvalue weighted by Gasteiger charge is 2.23. The molecule has 0 aliphatic carbocycles. The van der Waals surface area contributed by atoms with E-state index < -0.39 is 0 Å². The molecule has 0 saturated heterocycles. The van der Waals surface area contributed by atoms with Crippen molar-refractivity contribution in [1.82, 2.24) is 0 Å². The van der Waals surface area contributed by atoms with Crippen LogP contribution in [0.1, 0.15) is 117 Å². The number of ketones is 1. The zero-order valence-corrected chi connectivity index (χ0v) is 25.6. The van der Waals surface area contributed by atoms with Crippen molar-refractivity contribution < 1.29 is 19.0 Å². The summed E-state index contributed by atoms with van der Waals surface area (Å²) in [5, 5.41) is 0. The second kappa shape index (κ2) is 19.0. The summed E-state index contributed by atoms with van der Waals surface area (Å²) in [4.78, 5) is 14.1. The summed E-state index contributed by atoms with van der Waals surface area (Å²) >= 11 is 0. The van der Waals surface area contributed by atoms with Crippen LogP contribution >= 0.6 is 0 Å². The van der Waals surface area contributed by atoms with E-state index in [2.05, 4.69) is 13.0 Å². The maximum atomic E-state index is 14.1. The smallest absolute Gasteiger partial charge is 0.200 e. The Balaban J connectivity index is 1.61. The van der Waals surface area contributed by atoms with Gasteiger partial charge in [0.1, 0.15) is 23.9 Å². The first-order valence-electron chi connectivity index (χ1n) is 15.7. The fourth-order valence-corrected chi connectivity index (χ4v) is 5.36. The molecule has 3 aromatic rings. The van der Waals surface area contributed by atoms with E-state index in [1.54, 1.807) is 26.4 Å². The lowest BCUT2D eigenvalue weighted by Crippen LogP contribution is -2.11. The van der Waals surface area contributed by atoms with E-state index in [9.17, 15) is 4.79 Å². The zero-order valence-electron chi connectivity index (χ0n) is 25.6. The third kappa shape index (κ3) is 10.9. The predicted molar refractivity (Wildman–Crippen MR) is 170 cm³/mol. The van der Waals surface area contributed by atoms with Crippen molar-refractivity contribution in [2.45, 2.75) is 103 Å². The first-order chi connectivity index (χ1) is 20.2. The Labute approximate surface area is 248 Å². The molecule has 0 aliphatic heterocycles. The summed E-state index contributed by atoms with van der Waals surface area (Å²) in [6.07, 6.45) is 18.0. The Hall–Kier alpha value is -3.27. The molecule has 0 aromatic heterocycles. The summed E-state index contributed by atoms with van der Waals surface area (Å²) in [6.45, 7) is 2.68. The van der Waals surface area contributed by atoms with Crippen LogP contribution < -0.4 is 14.2 Å². The van der Waals surface area contributed by atoms with E-state index in [4.69, 9.17) is 14.2 Å². The normalized spacial score (nSPS) is 10.9. The second-order valence-corrected chi connectivity index (χ2v) is 11.0. The molecule has 0 amide bonds. The maximum Gasteiger partial charge on any atom is 0.200 e. The molecule has 0 radical (unpaired) electrons. The molecular weight excluding hydrogens is 508 g/mol. The van der Waals surface area contributed by atoms with Crippen LogP contribution in [0.4, 0.5) is 0 Å². The van der Waals surface area contributed by atoms with Crippen LogP contribution in [0.3, 0.4) is 0 Å². The van der Waals surface area contributed by atoms with Gasteiger partial charge >= 0.3 is 0 Å². The minimum Gasteiger partial charge on any atom is -0.497 e. The van der Waals surface area contributed by atoms with E-state index in [0.717, 1.165) is 24.0 Å². The number of methoxy groups -OCH3 is 2. The number of ether oxygens (including phenoxy) is 3. The molecule has 0 atom stereocenters. The third-order valence-electron chi connectivity index (χ3n) is 7.78. The monoisotopic (exact) mass is 558 g/mol. The highest BCUT2D eigenvalue weighted by molar-refractivity contribution is 6.13. The molecule has 0 N–H and O–H groups in total. The number of hydrogen-bond donors (Lipinski definition) is 0. The van der Waals surface area contributed by atoms with Gasteiger partial charge in [-0.15, -0.1) is 0 Å². The summed E-state index contributed by atoms with van der Waals surface area (Å²) < 4.78 is 17.2. The molecule has 3 rings (SSSR count). The van der Waals surface area contributed by atoms with Gasteiger partial charge in [0.05, 0.1) is 25.3 Å². The molecule has 0 aliphatic rings. The number of benzene rings is 3. The first kappa shape index (κ1) is 32.2. The summed E-state index contributed by atoms with van der Waals surface area (Å²) in [5.41, 5.74) is 3.18. The number of rotatable bonds is 21. The number of unbranched alkanes of at least 4 members (excludes halogenated alkanes) is 12. The van der Waals surface area contributed by atoms with Crippen LogP contribution in [0.5, 0.6) is 17.2 Å². The minimum absolute atomic E-state index is 0.103. The Kier molecular flexibility index (Phi) is 14.9. The van der Waals surface area contributed by atoms with Crippen LogP contribution in [-0.4, -0.2) is 20.0 Å². The van der Waals surface area contributed by atoms with Gasteiger partial charge in [0, 0.05) is 0 Å². The summed E-state index contributed by atoms with van der Waals surface area (Å²) in [5.74, 6) is 1.65.